The van der Waals surface area contributed by atoms with Gasteiger partial charge in [0.1, 0.15) is 5.75 Å². The zero-order chi connectivity index (χ0) is 22.6. The van der Waals surface area contributed by atoms with E-state index >= 15 is 0 Å². The van der Waals surface area contributed by atoms with Gasteiger partial charge in [0, 0.05) is 34.2 Å². The minimum absolute atomic E-state index is 0.0171. The topological polar surface area (TPSA) is 84.4 Å². The molecule has 8 heteroatoms. The van der Waals surface area contributed by atoms with Crippen LogP contribution in [0.15, 0.2) is 47.5 Å². The third-order valence-corrected chi connectivity index (χ3v) is 4.60. The lowest BCUT2D eigenvalue weighted by Gasteiger charge is -2.14. The van der Waals surface area contributed by atoms with Gasteiger partial charge in [0.05, 0.1) is 14.2 Å². The van der Waals surface area contributed by atoms with Gasteiger partial charge in [-0.05, 0) is 41.8 Å². The summed E-state index contributed by atoms with van der Waals surface area (Å²) in [6.45, 7) is 1.31. The van der Waals surface area contributed by atoms with Crippen molar-refractivity contribution >= 4 is 11.9 Å². The van der Waals surface area contributed by atoms with E-state index in [-0.39, 0.29) is 12.5 Å². The highest BCUT2D eigenvalue weighted by Gasteiger charge is 2.07. The lowest BCUT2D eigenvalue weighted by atomic mass is 10.1. The van der Waals surface area contributed by atoms with Gasteiger partial charge in [0.2, 0.25) is 0 Å². The second-order valence-corrected chi connectivity index (χ2v) is 7.02. The largest absolute Gasteiger partial charge is 0.493 e. The number of hydrogen-bond donors (Lipinski definition) is 2. The van der Waals surface area contributed by atoms with Gasteiger partial charge in [-0.15, -0.1) is 0 Å². The minimum atomic E-state index is -0.0809. The highest BCUT2D eigenvalue weighted by atomic mass is 16.5. The number of rotatable bonds is 10. The number of carbonyl (C=O) groups is 1. The average Bonchev–Trinajstić information content (AvgIpc) is 2.79. The molecule has 2 N–H and O–H groups in total. The Morgan fingerprint density at radius 2 is 1.77 bits per heavy atom. The SMILES string of the molecule is CN=C(NCCc1ccc(OC)c(OC)c1)NCc1cccc(OCC(=O)N(C)C)c1. The Kier molecular flexibility index (Phi) is 9.48. The molecule has 0 radical (unpaired) electrons. The first-order valence-electron chi connectivity index (χ1n) is 10.0. The second kappa shape index (κ2) is 12.3. The van der Waals surface area contributed by atoms with E-state index in [0.717, 1.165) is 23.3 Å². The van der Waals surface area contributed by atoms with Crippen LogP contribution < -0.4 is 24.8 Å². The van der Waals surface area contributed by atoms with Crippen molar-refractivity contribution in [2.45, 2.75) is 13.0 Å². The fourth-order valence-electron chi connectivity index (χ4n) is 2.79. The van der Waals surface area contributed by atoms with Gasteiger partial charge < -0.3 is 29.7 Å². The number of nitrogens with zero attached hydrogens (tertiary/aromatic N) is 2. The summed E-state index contributed by atoms with van der Waals surface area (Å²) in [6.07, 6.45) is 0.810. The number of benzene rings is 2. The van der Waals surface area contributed by atoms with E-state index in [4.69, 9.17) is 14.2 Å². The van der Waals surface area contributed by atoms with Gasteiger partial charge in [-0.1, -0.05) is 18.2 Å². The Labute approximate surface area is 184 Å². The number of aliphatic imine (C=N–C) groups is 1. The van der Waals surface area contributed by atoms with Crippen molar-refractivity contribution in [2.75, 3.05) is 48.5 Å². The normalized spacial score (nSPS) is 10.9. The van der Waals surface area contributed by atoms with E-state index in [1.807, 2.05) is 42.5 Å². The molecular weight excluding hydrogens is 396 g/mol. The smallest absolute Gasteiger partial charge is 0.259 e. The maximum atomic E-state index is 11.7. The van der Waals surface area contributed by atoms with Crippen LogP contribution in [0.4, 0.5) is 0 Å². The van der Waals surface area contributed by atoms with Crippen LogP contribution in [0.2, 0.25) is 0 Å². The molecule has 0 heterocycles. The van der Waals surface area contributed by atoms with Gasteiger partial charge in [-0.2, -0.15) is 0 Å². The van der Waals surface area contributed by atoms with E-state index in [1.54, 1.807) is 35.4 Å². The summed E-state index contributed by atoms with van der Waals surface area (Å²) in [6, 6.07) is 13.5. The van der Waals surface area contributed by atoms with Crippen molar-refractivity contribution in [3.8, 4) is 17.2 Å². The zero-order valence-electron chi connectivity index (χ0n) is 18.9. The Morgan fingerprint density at radius 1 is 1.00 bits per heavy atom. The maximum absolute atomic E-state index is 11.7. The molecule has 2 aromatic carbocycles. The highest BCUT2D eigenvalue weighted by molar-refractivity contribution is 5.79. The van der Waals surface area contributed by atoms with E-state index < -0.39 is 0 Å². The summed E-state index contributed by atoms with van der Waals surface area (Å²) in [5.74, 6) is 2.72. The van der Waals surface area contributed by atoms with Crippen LogP contribution in [0.5, 0.6) is 17.2 Å². The first-order valence-corrected chi connectivity index (χ1v) is 10.0. The van der Waals surface area contributed by atoms with Gasteiger partial charge in [0.25, 0.3) is 5.91 Å². The van der Waals surface area contributed by atoms with Crippen molar-refractivity contribution in [1.29, 1.82) is 0 Å². The van der Waals surface area contributed by atoms with Crippen molar-refractivity contribution in [1.82, 2.24) is 15.5 Å². The third-order valence-electron chi connectivity index (χ3n) is 4.60. The zero-order valence-corrected chi connectivity index (χ0v) is 18.9. The molecule has 168 valence electrons. The molecule has 0 spiro atoms. The average molecular weight is 429 g/mol. The number of methoxy groups -OCH3 is 2. The van der Waals surface area contributed by atoms with Crippen LogP contribution in [0.1, 0.15) is 11.1 Å². The van der Waals surface area contributed by atoms with Crippen molar-refractivity contribution in [2.24, 2.45) is 4.99 Å². The van der Waals surface area contributed by atoms with Gasteiger partial charge in [-0.25, -0.2) is 0 Å². The first-order chi connectivity index (χ1) is 15.0. The number of nitrogens with one attached hydrogen (secondary N) is 2. The van der Waals surface area contributed by atoms with E-state index in [2.05, 4.69) is 15.6 Å². The molecule has 0 aliphatic carbocycles. The molecule has 2 rings (SSSR count). The first kappa shape index (κ1) is 23.9. The van der Waals surface area contributed by atoms with Crippen molar-refractivity contribution in [3.05, 3.63) is 53.6 Å². The summed E-state index contributed by atoms with van der Waals surface area (Å²) in [4.78, 5) is 17.4. The van der Waals surface area contributed by atoms with Crippen LogP contribution in [0.25, 0.3) is 0 Å². The van der Waals surface area contributed by atoms with Gasteiger partial charge in [0.15, 0.2) is 24.1 Å². The van der Waals surface area contributed by atoms with Gasteiger partial charge >= 0.3 is 0 Å². The number of amides is 1. The van der Waals surface area contributed by atoms with E-state index in [0.29, 0.717) is 30.5 Å². The molecule has 0 bridgehead atoms. The van der Waals surface area contributed by atoms with E-state index in [9.17, 15) is 4.79 Å². The standard InChI is InChI=1S/C23H32N4O4/c1-24-23(25-12-11-17-9-10-20(29-4)21(14-17)30-5)26-15-18-7-6-8-19(13-18)31-16-22(28)27(2)3/h6-10,13-14H,11-12,15-16H2,1-5H3,(H2,24,25,26). The molecule has 0 aromatic heterocycles. The van der Waals surface area contributed by atoms with Crippen molar-refractivity contribution < 1.29 is 19.0 Å². The molecule has 0 unspecified atom stereocenters. The Morgan fingerprint density at radius 3 is 2.45 bits per heavy atom. The summed E-state index contributed by atoms with van der Waals surface area (Å²) in [7, 11) is 8.40. The number of ether oxygens (including phenoxy) is 3. The number of likely N-dealkylation sites (N-methyl/N-ethyl adjacent to an activating group) is 1. The maximum Gasteiger partial charge on any atom is 0.259 e. The molecular formula is C23H32N4O4. The number of guanidine groups is 1. The molecule has 0 aliphatic heterocycles. The molecule has 0 saturated carbocycles. The second-order valence-electron chi connectivity index (χ2n) is 7.02. The fraction of sp³-hybridized carbons (Fsp3) is 0.391. The number of carbonyl (C=O) groups excluding carboxylic acids is 1. The fourth-order valence-corrected chi connectivity index (χ4v) is 2.79. The van der Waals surface area contributed by atoms with Crippen LogP contribution in [-0.2, 0) is 17.8 Å². The molecule has 0 fully saturated rings. The summed E-state index contributed by atoms with van der Waals surface area (Å²) >= 11 is 0. The Balaban J connectivity index is 1.82. The van der Waals surface area contributed by atoms with Crippen LogP contribution >= 0.6 is 0 Å². The van der Waals surface area contributed by atoms with Gasteiger partial charge in [-0.3, -0.25) is 9.79 Å². The summed E-state index contributed by atoms with van der Waals surface area (Å²) in [5, 5.41) is 6.59. The molecule has 31 heavy (non-hydrogen) atoms. The Bertz CT molecular complexity index is 884. The van der Waals surface area contributed by atoms with Crippen LogP contribution in [0, 0.1) is 0 Å². The van der Waals surface area contributed by atoms with E-state index in [1.165, 1.54) is 4.90 Å². The summed E-state index contributed by atoms with van der Waals surface area (Å²) < 4.78 is 16.2. The molecule has 0 atom stereocenters. The predicted molar refractivity (Wildman–Crippen MR) is 122 cm³/mol. The quantitative estimate of drug-likeness (QED) is 0.445. The molecule has 0 saturated heterocycles. The molecule has 0 aliphatic rings. The lowest BCUT2D eigenvalue weighted by molar-refractivity contribution is -0.130. The minimum Gasteiger partial charge on any atom is -0.493 e. The van der Waals surface area contributed by atoms with Crippen molar-refractivity contribution in [3.63, 3.8) is 0 Å². The highest BCUT2D eigenvalue weighted by Crippen LogP contribution is 2.27. The molecule has 8 nitrogen and oxygen atoms in total. The number of hydrogen-bond acceptors (Lipinski definition) is 5. The van der Waals surface area contributed by atoms with Crippen LogP contribution in [-0.4, -0.2) is 65.3 Å². The van der Waals surface area contributed by atoms with Crippen LogP contribution in [0.3, 0.4) is 0 Å². The molecule has 2 aromatic rings. The monoisotopic (exact) mass is 428 g/mol. The third kappa shape index (κ3) is 7.73. The lowest BCUT2D eigenvalue weighted by Crippen LogP contribution is -2.37. The molecule has 1 amide bonds. The predicted octanol–water partition coefficient (Wildman–Crippen LogP) is 2.08. The Hall–Kier alpha value is -3.42. The summed E-state index contributed by atoms with van der Waals surface area (Å²) in [5.41, 5.74) is 2.16.